The highest BCUT2D eigenvalue weighted by molar-refractivity contribution is 5.23. The monoisotopic (exact) mass is 191 g/mol. The standard InChI is InChI=1S/C12H17NO/c1-9-3-5-11(6-4-9)12-7-13-10(2)8-14-12/h3-6,10,12-13H,7-8H2,1-2H3/t10-,12?/m0/s1. The molecule has 0 bridgehead atoms. The second-order valence-electron chi connectivity index (χ2n) is 4.04. The number of rotatable bonds is 1. The Hall–Kier alpha value is -0.860. The fourth-order valence-electron chi connectivity index (χ4n) is 1.68. The third-order valence-electron chi connectivity index (χ3n) is 2.65. The van der Waals surface area contributed by atoms with Gasteiger partial charge >= 0.3 is 0 Å². The Balaban J connectivity index is 2.05. The summed E-state index contributed by atoms with van der Waals surface area (Å²) in [7, 11) is 0. The molecule has 14 heavy (non-hydrogen) atoms. The number of aryl methyl sites for hydroxylation is 1. The van der Waals surface area contributed by atoms with Crippen LogP contribution in [0.5, 0.6) is 0 Å². The largest absolute Gasteiger partial charge is 0.371 e. The van der Waals surface area contributed by atoms with Crippen LogP contribution >= 0.6 is 0 Å². The van der Waals surface area contributed by atoms with Gasteiger partial charge in [-0.25, -0.2) is 0 Å². The Morgan fingerprint density at radius 1 is 1.29 bits per heavy atom. The van der Waals surface area contributed by atoms with Crippen LogP contribution in [0.3, 0.4) is 0 Å². The molecule has 2 nitrogen and oxygen atoms in total. The number of nitrogens with one attached hydrogen (secondary N) is 1. The van der Waals surface area contributed by atoms with Gasteiger partial charge < -0.3 is 10.1 Å². The molecule has 0 radical (unpaired) electrons. The first kappa shape index (κ1) is 9.69. The normalized spacial score (nSPS) is 27.6. The van der Waals surface area contributed by atoms with Gasteiger partial charge in [-0.15, -0.1) is 0 Å². The van der Waals surface area contributed by atoms with E-state index in [0.29, 0.717) is 6.04 Å². The smallest absolute Gasteiger partial charge is 0.0950 e. The zero-order valence-electron chi connectivity index (χ0n) is 8.79. The maximum Gasteiger partial charge on any atom is 0.0950 e. The van der Waals surface area contributed by atoms with Crippen molar-refractivity contribution in [2.45, 2.75) is 26.0 Å². The summed E-state index contributed by atoms with van der Waals surface area (Å²) in [4.78, 5) is 0. The third-order valence-corrected chi connectivity index (χ3v) is 2.65. The van der Waals surface area contributed by atoms with Crippen LogP contribution in [-0.4, -0.2) is 19.2 Å². The van der Waals surface area contributed by atoms with Gasteiger partial charge in [0.25, 0.3) is 0 Å². The summed E-state index contributed by atoms with van der Waals surface area (Å²) >= 11 is 0. The molecular formula is C12H17NO. The van der Waals surface area contributed by atoms with E-state index in [1.54, 1.807) is 0 Å². The number of ether oxygens (including phenoxy) is 1. The van der Waals surface area contributed by atoms with Crippen molar-refractivity contribution in [2.24, 2.45) is 0 Å². The summed E-state index contributed by atoms with van der Waals surface area (Å²) in [6, 6.07) is 9.06. The Kier molecular flexibility index (Phi) is 2.85. The van der Waals surface area contributed by atoms with Crippen molar-refractivity contribution in [3.8, 4) is 0 Å². The highest BCUT2D eigenvalue weighted by Gasteiger charge is 2.18. The summed E-state index contributed by atoms with van der Waals surface area (Å²) in [5.41, 5.74) is 2.57. The van der Waals surface area contributed by atoms with Crippen molar-refractivity contribution in [3.63, 3.8) is 0 Å². The lowest BCUT2D eigenvalue weighted by molar-refractivity contribution is 0.00695. The molecule has 0 spiro atoms. The van der Waals surface area contributed by atoms with Crippen molar-refractivity contribution in [3.05, 3.63) is 35.4 Å². The first-order chi connectivity index (χ1) is 6.75. The summed E-state index contributed by atoms with van der Waals surface area (Å²) in [6.45, 7) is 5.97. The van der Waals surface area contributed by atoms with Crippen molar-refractivity contribution < 1.29 is 4.74 Å². The van der Waals surface area contributed by atoms with Crippen molar-refractivity contribution >= 4 is 0 Å². The van der Waals surface area contributed by atoms with Crippen molar-refractivity contribution in [1.29, 1.82) is 0 Å². The molecule has 1 aromatic rings. The van der Waals surface area contributed by atoms with Gasteiger partial charge in [0.1, 0.15) is 0 Å². The molecule has 2 rings (SSSR count). The minimum Gasteiger partial charge on any atom is -0.371 e. The molecule has 0 aromatic heterocycles. The minimum atomic E-state index is 0.229. The van der Waals surface area contributed by atoms with E-state index in [1.807, 2.05) is 0 Å². The highest BCUT2D eigenvalue weighted by Crippen LogP contribution is 2.20. The topological polar surface area (TPSA) is 21.3 Å². The molecule has 0 aliphatic carbocycles. The van der Waals surface area contributed by atoms with Gasteiger partial charge in [0.15, 0.2) is 0 Å². The van der Waals surface area contributed by atoms with Crippen LogP contribution in [0.1, 0.15) is 24.2 Å². The SMILES string of the molecule is Cc1ccc(C2CN[C@@H](C)CO2)cc1. The molecule has 76 valence electrons. The number of benzene rings is 1. The van der Waals surface area contributed by atoms with E-state index in [1.165, 1.54) is 11.1 Å². The van der Waals surface area contributed by atoms with Crippen LogP contribution in [0.4, 0.5) is 0 Å². The molecular weight excluding hydrogens is 174 g/mol. The van der Waals surface area contributed by atoms with Crippen LogP contribution in [0, 0.1) is 6.92 Å². The van der Waals surface area contributed by atoms with Crippen LogP contribution in [0.2, 0.25) is 0 Å². The summed E-state index contributed by atoms with van der Waals surface area (Å²) in [5, 5.41) is 3.42. The van der Waals surface area contributed by atoms with Gasteiger partial charge in [-0.3, -0.25) is 0 Å². The average Bonchev–Trinajstić information content (AvgIpc) is 2.21. The molecule has 1 N–H and O–H groups in total. The second kappa shape index (κ2) is 4.11. The van der Waals surface area contributed by atoms with Crippen LogP contribution < -0.4 is 5.32 Å². The van der Waals surface area contributed by atoms with Gasteiger partial charge in [0.2, 0.25) is 0 Å². The zero-order valence-corrected chi connectivity index (χ0v) is 8.79. The number of hydrogen-bond acceptors (Lipinski definition) is 2. The van der Waals surface area contributed by atoms with Crippen LogP contribution in [0.15, 0.2) is 24.3 Å². The first-order valence-corrected chi connectivity index (χ1v) is 5.17. The first-order valence-electron chi connectivity index (χ1n) is 5.17. The maximum absolute atomic E-state index is 5.75. The second-order valence-corrected chi connectivity index (χ2v) is 4.04. The third kappa shape index (κ3) is 2.14. The molecule has 1 fully saturated rings. The predicted octanol–water partition coefficient (Wildman–Crippen LogP) is 2.04. The number of hydrogen-bond donors (Lipinski definition) is 1. The summed E-state index contributed by atoms with van der Waals surface area (Å²) in [5.74, 6) is 0. The van der Waals surface area contributed by atoms with Gasteiger partial charge in [-0.1, -0.05) is 29.8 Å². The van der Waals surface area contributed by atoms with Crippen molar-refractivity contribution in [2.75, 3.05) is 13.2 Å². The molecule has 2 heteroatoms. The van der Waals surface area contributed by atoms with Gasteiger partial charge in [-0.05, 0) is 19.4 Å². The quantitative estimate of drug-likeness (QED) is 0.733. The van der Waals surface area contributed by atoms with Gasteiger partial charge in [-0.2, -0.15) is 0 Å². The van der Waals surface area contributed by atoms with E-state index in [2.05, 4.69) is 43.4 Å². The maximum atomic E-state index is 5.75. The summed E-state index contributed by atoms with van der Waals surface area (Å²) < 4.78 is 5.75. The zero-order chi connectivity index (χ0) is 9.97. The minimum absolute atomic E-state index is 0.229. The van der Waals surface area contributed by atoms with E-state index >= 15 is 0 Å². The number of morpholine rings is 1. The Morgan fingerprint density at radius 2 is 2.00 bits per heavy atom. The fraction of sp³-hybridized carbons (Fsp3) is 0.500. The van der Waals surface area contributed by atoms with Gasteiger partial charge in [0.05, 0.1) is 12.7 Å². The summed E-state index contributed by atoms with van der Waals surface area (Å²) in [6.07, 6.45) is 0.229. The Labute approximate surface area is 85.3 Å². The van der Waals surface area contributed by atoms with E-state index < -0.39 is 0 Å². The molecule has 1 unspecified atom stereocenters. The van der Waals surface area contributed by atoms with Crippen LogP contribution in [-0.2, 0) is 4.74 Å². The molecule has 1 aliphatic heterocycles. The molecule has 1 aromatic carbocycles. The predicted molar refractivity (Wildman–Crippen MR) is 57.3 cm³/mol. The molecule has 1 aliphatic rings. The molecule has 0 saturated carbocycles. The Bertz CT molecular complexity index is 286. The van der Waals surface area contributed by atoms with E-state index in [-0.39, 0.29) is 6.10 Å². The van der Waals surface area contributed by atoms with E-state index in [9.17, 15) is 0 Å². The van der Waals surface area contributed by atoms with Crippen LogP contribution in [0.25, 0.3) is 0 Å². The lowest BCUT2D eigenvalue weighted by Gasteiger charge is -2.28. The van der Waals surface area contributed by atoms with Gasteiger partial charge in [0, 0.05) is 12.6 Å². The lowest BCUT2D eigenvalue weighted by atomic mass is 10.1. The highest BCUT2D eigenvalue weighted by atomic mass is 16.5. The molecule has 1 saturated heterocycles. The molecule has 0 amide bonds. The van der Waals surface area contributed by atoms with Crippen molar-refractivity contribution in [1.82, 2.24) is 5.32 Å². The Morgan fingerprint density at radius 3 is 2.57 bits per heavy atom. The average molecular weight is 191 g/mol. The van der Waals surface area contributed by atoms with E-state index in [0.717, 1.165) is 13.2 Å². The molecule has 2 atom stereocenters. The molecule has 1 heterocycles. The fourth-order valence-corrected chi connectivity index (χ4v) is 1.68. The lowest BCUT2D eigenvalue weighted by Crippen LogP contribution is -2.40. The van der Waals surface area contributed by atoms with E-state index in [4.69, 9.17) is 4.74 Å².